The number of urea groups is 1. The van der Waals surface area contributed by atoms with Crippen LogP contribution < -0.4 is 5.32 Å². The Hall–Kier alpha value is -1.55. The first-order valence-electron chi connectivity index (χ1n) is 5.37. The van der Waals surface area contributed by atoms with Gasteiger partial charge in [0.2, 0.25) is 0 Å². The van der Waals surface area contributed by atoms with E-state index in [2.05, 4.69) is 5.32 Å². The van der Waals surface area contributed by atoms with E-state index in [1.54, 1.807) is 11.9 Å². The van der Waals surface area contributed by atoms with E-state index in [0.717, 1.165) is 5.56 Å². The molecule has 0 saturated carbocycles. The van der Waals surface area contributed by atoms with Crippen molar-refractivity contribution in [2.24, 2.45) is 0 Å². The summed E-state index contributed by atoms with van der Waals surface area (Å²) in [6, 6.07) is 9.11. The third-order valence-corrected chi connectivity index (χ3v) is 2.45. The molecule has 0 saturated heterocycles. The highest BCUT2D eigenvalue weighted by Crippen LogP contribution is 2.10. The van der Waals surface area contributed by atoms with Gasteiger partial charge in [-0.25, -0.2) is 4.79 Å². The number of benzene rings is 1. The molecular formula is C12H18N2O2. The molecule has 0 aliphatic rings. The summed E-state index contributed by atoms with van der Waals surface area (Å²) in [6.45, 7) is 2.77. The Kier molecular flexibility index (Phi) is 4.79. The number of carbonyl (C=O) groups excluding carboxylic acids is 1. The van der Waals surface area contributed by atoms with Crippen molar-refractivity contribution < 1.29 is 9.90 Å². The van der Waals surface area contributed by atoms with Gasteiger partial charge in [-0.1, -0.05) is 30.3 Å². The summed E-state index contributed by atoms with van der Waals surface area (Å²) >= 11 is 0. The first kappa shape index (κ1) is 12.5. The minimum Gasteiger partial charge on any atom is -0.387 e. The summed E-state index contributed by atoms with van der Waals surface area (Å²) in [6.07, 6.45) is -0.657. The topological polar surface area (TPSA) is 52.6 Å². The van der Waals surface area contributed by atoms with Crippen LogP contribution in [0.4, 0.5) is 4.79 Å². The van der Waals surface area contributed by atoms with Gasteiger partial charge in [0.05, 0.1) is 6.10 Å². The molecule has 0 spiro atoms. The monoisotopic (exact) mass is 222 g/mol. The molecule has 1 rings (SSSR count). The van der Waals surface area contributed by atoms with Crippen LogP contribution in [-0.4, -0.2) is 36.2 Å². The van der Waals surface area contributed by atoms with Crippen molar-refractivity contribution in [1.82, 2.24) is 10.2 Å². The Morgan fingerprint density at radius 3 is 2.62 bits per heavy atom. The lowest BCUT2D eigenvalue weighted by Gasteiger charge is -2.17. The van der Waals surface area contributed by atoms with Crippen molar-refractivity contribution in [2.75, 3.05) is 20.1 Å². The van der Waals surface area contributed by atoms with E-state index in [1.807, 2.05) is 37.3 Å². The number of carbonyl (C=O) groups is 1. The molecule has 0 aliphatic heterocycles. The number of nitrogens with one attached hydrogen (secondary N) is 1. The molecule has 0 fully saturated rings. The van der Waals surface area contributed by atoms with Gasteiger partial charge < -0.3 is 15.3 Å². The summed E-state index contributed by atoms with van der Waals surface area (Å²) in [5, 5.41) is 12.5. The lowest BCUT2D eigenvalue weighted by Crippen LogP contribution is -2.39. The van der Waals surface area contributed by atoms with Gasteiger partial charge in [0.15, 0.2) is 0 Å². The first-order chi connectivity index (χ1) is 7.65. The molecule has 2 amide bonds. The second kappa shape index (κ2) is 6.12. The smallest absolute Gasteiger partial charge is 0.317 e. The molecule has 1 atom stereocenters. The first-order valence-corrected chi connectivity index (χ1v) is 5.37. The molecule has 1 aromatic carbocycles. The lowest BCUT2D eigenvalue weighted by atomic mass is 10.1. The van der Waals surface area contributed by atoms with Crippen molar-refractivity contribution in [3.63, 3.8) is 0 Å². The molecule has 1 aromatic rings. The van der Waals surface area contributed by atoms with Crippen LogP contribution in [0.2, 0.25) is 0 Å². The van der Waals surface area contributed by atoms with Crippen LogP contribution in [0.5, 0.6) is 0 Å². The van der Waals surface area contributed by atoms with Crippen molar-refractivity contribution in [3.8, 4) is 0 Å². The van der Waals surface area contributed by atoms with Gasteiger partial charge in [0.25, 0.3) is 0 Å². The average Bonchev–Trinajstić information content (AvgIpc) is 2.35. The molecule has 1 unspecified atom stereocenters. The molecule has 4 heteroatoms. The number of hydrogen-bond donors (Lipinski definition) is 2. The number of nitrogens with zero attached hydrogens (tertiary/aromatic N) is 1. The van der Waals surface area contributed by atoms with E-state index in [-0.39, 0.29) is 12.6 Å². The van der Waals surface area contributed by atoms with E-state index in [9.17, 15) is 9.90 Å². The Balaban J connectivity index is 2.42. The predicted molar refractivity (Wildman–Crippen MR) is 63.1 cm³/mol. The highest BCUT2D eigenvalue weighted by Gasteiger charge is 2.10. The standard InChI is InChI=1S/C12H18N2O2/c1-3-14(2)12(16)13-9-11(15)10-7-5-4-6-8-10/h4-8,11,15H,3,9H2,1-2H3,(H,13,16). The summed E-state index contributed by atoms with van der Waals surface area (Å²) < 4.78 is 0. The zero-order valence-corrected chi connectivity index (χ0v) is 9.68. The molecule has 88 valence electrons. The molecule has 4 nitrogen and oxygen atoms in total. The molecule has 0 radical (unpaired) electrons. The molecule has 0 heterocycles. The number of hydrogen-bond acceptors (Lipinski definition) is 2. The molecule has 0 aromatic heterocycles. The van der Waals surface area contributed by atoms with Crippen LogP contribution in [0.3, 0.4) is 0 Å². The number of amides is 2. The van der Waals surface area contributed by atoms with Crippen LogP contribution >= 0.6 is 0 Å². The van der Waals surface area contributed by atoms with E-state index in [0.29, 0.717) is 6.54 Å². The zero-order chi connectivity index (χ0) is 12.0. The Labute approximate surface area is 95.9 Å². The fourth-order valence-electron chi connectivity index (χ4n) is 1.26. The van der Waals surface area contributed by atoms with Gasteiger partial charge in [-0.15, -0.1) is 0 Å². The van der Waals surface area contributed by atoms with E-state index in [1.165, 1.54) is 0 Å². The van der Waals surface area contributed by atoms with Crippen molar-refractivity contribution in [2.45, 2.75) is 13.0 Å². The van der Waals surface area contributed by atoms with E-state index < -0.39 is 6.10 Å². The normalized spacial score (nSPS) is 11.9. The number of aliphatic hydroxyl groups excluding tert-OH is 1. The van der Waals surface area contributed by atoms with Crippen LogP contribution in [0, 0.1) is 0 Å². The number of rotatable bonds is 4. The van der Waals surface area contributed by atoms with Gasteiger partial charge in [-0.3, -0.25) is 0 Å². The van der Waals surface area contributed by atoms with Gasteiger partial charge >= 0.3 is 6.03 Å². The Bertz CT molecular complexity index is 327. The summed E-state index contributed by atoms with van der Waals surface area (Å²) in [7, 11) is 1.71. The zero-order valence-electron chi connectivity index (χ0n) is 9.68. The number of aliphatic hydroxyl groups is 1. The fraction of sp³-hybridized carbons (Fsp3) is 0.417. The van der Waals surface area contributed by atoms with Gasteiger partial charge in [-0.2, -0.15) is 0 Å². The SMILES string of the molecule is CCN(C)C(=O)NCC(O)c1ccccc1. The molecule has 16 heavy (non-hydrogen) atoms. The van der Waals surface area contributed by atoms with Crippen molar-refractivity contribution in [3.05, 3.63) is 35.9 Å². The minimum absolute atomic E-state index is 0.169. The van der Waals surface area contributed by atoms with Crippen LogP contribution in [-0.2, 0) is 0 Å². The molecular weight excluding hydrogens is 204 g/mol. The quantitative estimate of drug-likeness (QED) is 0.808. The summed E-state index contributed by atoms with van der Waals surface area (Å²) in [5.41, 5.74) is 0.807. The molecule has 0 bridgehead atoms. The lowest BCUT2D eigenvalue weighted by molar-refractivity contribution is 0.166. The maximum Gasteiger partial charge on any atom is 0.317 e. The summed E-state index contributed by atoms with van der Waals surface area (Å²) in [4.78, 5) is 13.0. The summed E-state index contributed by atoms with van der Waals surface area (Å²) in [5.74, 6) is 0. The second-order valence-corrected chi connectivity index (χ2v) is 3.63. The highest BCUT2D eigenvalue weighted by atomic mass is 16.3. The van der Waals surface area contributed by atoms with Crippen molar-refractivity contribution in [1.29, 1.82) is 0 Å². The molecule has 2 N–H and O–H groups in total. The highest BCUT2D eigenvalue weighted by molar-refractivity contribution is 5.73. The van der Waals surface area contributed by atoms with Gasteiger partial charge in [0, 0.05) is 20.1 Å². The minimum atomic E-state index is -0.657. The largest absolute Gasteiger partial charge is 0.387 e. The third kappa shape index (κ3) is 3.55. The van der Waals surface area contributed by atoms with Gasteiger partial charge in [-0.05, 0) is 12.5 Å². The van der Waals surface area contributed by atoms with Crippen LogP contribution in [0.1, 0.15) is 18.6 Å². The van der Waals surface area contributed by atoms with E-state index >= 15 is 0 Å². The maximum atomic E-state index is 11.4. The van der Waals surface area contributed by atoms with Crippen LogP contribution in [0.15, 0.2) is 30.3 Å². The second-order valence-electron chi connectivity index (χ2n) is 3.63. The molecule has 0 aliphatic carbocycles. The van der Waals surface area contributed by atoms with Gasteiger partial charge in [0.1, 0.15) is 0 Å². The third-order valence-electron chi connectivity index (χ3n) is 2.45. The van der Waals surface area contributed by atoms with E-state index in [4.69, 9.17) is 0 Å². The van der Waals surface area contributed by atoms with Crippen molar-refractivity contribution >= 4 is 6.03 Å². The average molecular weight is 222 g/mol. The maximum absolute atomic E-state index is 11.4. The Morgan fingerprint density at radius 2 is 2.06 bits per heavy atom. The van der Waals surface area contributed by atoms with Crippen LogP contribution in [0.25, 0.3) is 0 Å². The Morgan fingerprint density at radius 1 is 1.44 bits per heavy atom. The predicted octanol–water partition coefficient (Wildman–Crippen LogP) is 1.38. The fourth-order valence-corrected chi connectivity index (χ4v) is 1.26.